The normalized spacial score (nSPS) is 21.1. The van der Waals surface area contributed by atoms with Crippen molar-refractivity contribution in [2.75, 3.05) is 19.6 Å². The van der Waals surface area contributed by atoms with Crippen LogP contribution in [0.2, 0.25) is 0 Å². The van der Waals surface area contributed by atoms with E-state index in [2.05, 4.69) is 27.1 Å². The van der Waals surface area contributed by atoms with E-state index < -0.39 is 17.6 Å². The van der Waals surface area contributed by atoms with Gasteiger partial charge in [0.15, 0.2) is 0 Å². The molecule has 35 heavy (non-hydrogen) atoms. The van der Waals surface area contributed by atoms with Gasteiger partial charge >= 0.3 is 6.18 Å². The quantitative estimate of drug-likeness (QED) is 0.580. The van der Waals surface area contributed by atoms with Crippen LogP contribution in [0, 0.1) is 6.92 Å². The van der Waals surface area contributed by atoms with Crippen molar-refractivity contribution in [3.05, 3.63) is 71.6 Å². The van der Waals surface area contributed by atoms with Crippen molar-refractivity contribution >= 4 is 5.91 Å². The highest BCUT2D eigenvalue weighted by atomic mass is 19.4. The highest BCUT2D eigenvalue weighted by Gasteiger charge is 2.35. The molecule has 0 spiro atoms. The van der Waals surface area contributed by atoms with Gasteiger partial charge in [0, 0.05) is 42.2 Å². The molecule has 1 aromatic heterocycles. The minimum Gasteiger partial charge on any atom is -0.474 e. The molecule has 1 aromatic carbocycles. The number of likely N-dealkylation sites (tertiary alicyclic amines) is 1. The number of pyridine rings is 1. The van der Waals surface area contributed by atoms with Crippen molar-refractivity contribution in [3.8, 4) is 5.88 Å². The lowest BCUT2D eigenvalue weighted by atomic mass is 9.89. The Morgan fingerprint density at radius 2 is 1.91 bits per heavy atom. The van der Waals surface area contributed by atoms with Crippen LogP contribution < -0.4 is 15.4 Å². The van der Waals surface area contributed by atoms with Crippen LogP contribution in [0.25, 0.3) is 0 Å². The van der Waals surface area contributed by atoms with Crippen LogP contribution in [0.15, 0.2) is 54.9 Å². The van der Waals surface area contributed by atoms with Crippen molar-refractivity contribution in [1.29, 1.82) is 0 Å². The van der Waals surface area contributed by atoms with Gasteiger partial charge < -0.3 is 15.4 Å². The molecule has 1 saturated carbocycles. The van der Waals surface area contributed by atoms with Gasteiger partial charge in [0.2, 0.25) is 5.88 Å². The van der Waals surface area contributed by atoms with Gasteiger partial charge in [0.05, 0.1) is 18.2 Å². The second-order valence-corrected chi connectivity index (χ2v) is 9.33. The van der Waals surface area contributed by atoms with E-state index >= 15 is 0 Å². The Morgan fingerprint density at radius 1 is 1.17 bits per heavy atom. The minimum absolute atomic E-state index is 0.0276. The first-order valence-electron chi connectivity index (χ1n) is 11.9. The van der Waals surface area contributed by atoms with Crippen LogP contribution in [0.3, 0.4) is 0 Å². The maximum atomic E-state index is 12.9. The average molecular weight is 489 g/mol. The summed E-state index contributed by atoms with van der Waals surface area (Å²) in [5.74, 6) is 0.164. The van der Waals surface area contributed by atoms with E-state index in [1.807, 2.05) is 19.1 Å². The Kier molecular flexibility index (Phi) is 7.64. The summed E-state index contributed by atoms with van der Waals surface area (Å²) >= 11 is 0. The third-order valence-corrected chi connectivity index (χ3v) is 6.63. The molecule has 2 heterocycles. The second-order valence-electron chi connectivity index (χ2n) is 9.33. The highest BCUT2D eigenvalue weighted by Crippen LogP contribution is 2.30. The van der Waals surface area contributed by atoms with Gasteiger partial charge in [-0.1, -0.05) is 18.7 Å². The van der Waals surface area contributed by atoms with Crippen molar-refractivity contribution in [1.82, 2.24) is 20.5 Å². The molecule has 2 aliphatic rings. The van der Waals surface area contributed by atoms with Crippen LogP contribution >= 0.6 is 0 Å². The van der Waals surface area contributed by atoms with Crippen molar-refractivity contribution in [2.45, 2.75) is 57.0 Å². The fourth-order valence-corrected chi connectivity index (χ4v) is 4.65. The number of nitrogens with one attached hydrogen (secondary N) is 2. The molecular formula is C26H31F3N4O2. The topological polar surface area (TPSA) is 66.5 Å². The lowest BCUT2D eigenvalue weighted by molar-refractivity contribution is -0.137. The zero-order chi connectivity index (χ0) is 25.0. The predicted molar refractivity (Wildman–Crippen MR) is 127 cm³/mol. The van der Waals surface area contributed by atoms with Crippen LogP contribution in [-0.4, -0.2) is 53.6 Å². The first kappa shape index (κ1) is 25.0. The lowest BCUT2D eigenvalue weighted by Gasteiger charge is -2.47. The Balaban J connectivity index is 1.14. The van der Waals surface area contributed by atoms with E-state index in [4.69, 9.17) is 4.74 Å². The van der Waals surface area contributed by atoms with Gasteiger partial charge in [0.25, 0.3) is 5.91 Å². The number of rotatable bonds is 8. The Bertz CT molecular complexity index is 1040. The average Bonchev–Trinajstić information content (AvgIpc) is 2.81. The molecule has 6 nitrogen and oxygen atoms in total. The number of hydrogen-bond donors (Lipinski definition) is 2. The first-order valence-corrected chi connectivity index (χ1v) is 11.9. The Hall–Kier alpha value is -3.07. The van der Waals surface area contributed by atoms with Gasteiger partial charge in [-0.05, 0) is 56.9 Å². The molecule has 1 aliphatic carbocycles. The molecule has 188 valence electrons. The van der Waals surface area contributed by atoms with Crippen LogP contribution in [-0.2, 0) is 6.18 Å². The van der Waals surface area contributed by atoms with Gasteiger partial charge in [-0.25, -0.2) is 4.98 Å². The van der Waals surface area contributed by atoms with Gasteiger partial charge in [-0.3, -0.25) is 9.69 Å². The molecule has 1 amide bonds. The van der Waals surface area contributed by atoms with Gasteiger partial charge in [0.1, 0.15) is 6.10 Å². The number of halogens is 3. The maximum absolute atomic E-state index is 12.9. The Morgan fingerprint density at radius 3 is 2.60 bits per heavy atom. The molecule has 0 atom stereocenters. The number of nitrogens with zero attached hydrogens (tertiary/aromatic N) is 2. The van der Waals surface area contributed by atoms with E-state index in [-0.39, 0.29) is 24.3 Å². The number of benzene rings is 1. The van der Waals surface area contributed by atoms with Crippen LogP contribution in [0.4, 0.5) is 13.2 Å². The monoisotopic (exact) mass is 488 g/mol. The second kappa shape index (κ2) is 10.7. The first-order chi connectivity index (χ1) is 16.7. The summed E-state index contributed by atoms with van der Waals surface area (Å²) in [6.07, 6.45) is 1.64. The molecule has 2 aromatic rings. The van der Waals surface area contributed by atoms with Gasteiger partial charge in [-0.15, -0.1) is 0 Å². The van der Waals surface area contributed by atoms with E-state index in [1.165, 1.54) is 12.1 Å². The van der Waals surface area contributed by atoms with E-state index in [1.54, 1.807) is 6.20 Å². The lowest BCUT2D eigenvalue weighted by Crippen LogP contribution is -2.61. The smallest absolute Gasteiger partial charge is 0.416 e. The third-order valence-electron chi connectivity index (χ3n) is 6.63. The number of aryl methyl sites for hydroxylation is 1. The van der Waals surface area contributed by atoms with Crippen molar-refractivity contribution < 1.29 is 22.7 Å². The summed E-state index contributed by atoms with van der Waals surface area (Å²) in [5, 5.41) is 5.95. The molecule has 1 aliphatic heterocycles. The Labute approximate surface area is 203 Å². The number of ether oxygens (including phenoxy) is 1. The zero-order valence-corrected chi connectivity index (χ0v) is 19.8. The summed E-state index contributed by atoms with van der Waals surface area (Å²) in [6, 6.07) is 9.09. The summed E-state index contributed by atoms with van der Waals surface area (Å²) in [6.45, 7) is 7.90. The number of aromatic nitrogens is 1. The van der Waals surface area contributed by atoms with E-state index in [9.17, 15) is 18.0 Å². The van der Waals surface area contributed by atoms with E-state index in [0.29, 0.717) is 11.7 Å². The summed E-state index contributed by atoms with van der Waals surface area (Å²) in [4.78, 5) is 19.0. The maximum Gasteiger partial charge on any atom is 0.416 e. The molecule has 0 radical (unpaired) electrons. The number of carbonyl (C=O) groups excluding carboxylic acids is 1. The SMILES string of the molecule is C=C(CNC(=O)c1cccc(C(F)(F)F)c1)NC1CN(C2CCC(Oc3ncccc3C)CC2)C1. The molecule has 1 saturated heterocycles. The van der Waals surface area contributed by atoms with Gasteiger partial charge in [-0.2, -0.15) is 13.2 Å². The summed E-state index contributed by atoms with van der Waals surface area (Å²) in [5.41, 5.74) is 0.819. The molecule has 2 N–H and O–H groups in total. The van der Waals surface area contributed by atoms with Crippen molar-refractivity contribution in [3.63, 3.8) is 0 Å². The molecule has 0 unspecified atom stereocenters. The van der Waals surface area contributed by atoms with E-state index in [0.717, 1.165) is 62.3 Å². The number of alkyl halides is 3. The summed E-state index contributed by atoms with van der Waals surface area (Å²) in [7, 11) is 0. The van der Waals surface area contributed by atoms with Crippen LogP contribution in [0.1, 0.15) is 47.2 Å². The largest absolute Gasteiger partial charge is 0.474 e. The van der Waals surface area contributed by atoms with Crippen molar-refractivity contribution in [2.24, 2.45) is 0 Å². The number of carbonyl (C=O) groups is 1. The van der Waals surface area contributed by atoms with Crippen LogP contribution in [0.5, 0.6) is 5.88 Å². The molecule has 4 rings (SSSR count). The standard InChI is InChI=1S/C26H31F3N4O2/c1-17-5-4-12-30-25(17)35-23-10-8-22(9-11-23)33-15-21(16-33)32-18(2)14-31-24(34)19-6-3-7-20(13-19)26(27,28)29/h3-7,12-13,21-23,32H,2,8-11,14-16H2,1H3,(H,31,34). The molecular weight excluding hydrogens is 457 g/mol. The molecule has 0 bridgehead atoms. The number of amides is 1. The highest BCUT2D eigenvalue weighted by molar-refractivity contribution is 5.94. The number of hydrogen-bond acceptors (Lipinski definition) is 5. The summed E-state index contributed by atoms with van der Waals surface area (Å²) < 4.78 is 44.7. The fraction of sp³-hybridized carbons (Fsp3) is 0.462. The molecule has 2 fully saturated rings. The third kappa shape index (κ3) is 6.54. The minimum atomic E-state index is -4.48. The predicted octanol–water partition coefficient (Wildman–Crippen LogP) is 4.32. The fourth-order valence-electron chi connectivity index (χ4n) is 4.65. The zero-order valence-electron chi connectivity index (χ0n) is 19.8. The molecule has 9 heteroatoms.